The fraction of sp³-hybridized carbons (Fsp3) is 0.278. The monoisotopic (exact) mass is 282 g/mol. The third-order valence-corrected chi connectivity index (χ3v) is 4.10. The number of Topliss-reactive ketones (excluding diaryl/α,β-unsaturated/α-hetero) is 1. The minimum atomic E-state index is -0.0346. The molecule has 2 aromatic carbocycles. The highest BCUT2D eigenvalue weighted by molar-refractivity contribution is 6.03. The molecular formula is C18H18O3. The molecule has 3 heteroatoms. The molecular weight excluding hydrogens is 264 g/mol. The molecule has 0 saturated heterocycles. The standard InChI is InChI=1S/C18H18O3/c1-20-15-8-5-9-16(21-2)17(15)18(19)14-10-12-6-3-4-7-13(12)11-14/h3-9,14H,10-11H2,1-2H3. The molecule has 0 unspecified atom stereocenters. The zero-order chi connectivity index (χ0) is 14.8. The van der Waals surface area contributed by atoms with Gasteiger partial charge in [0.25, 0.3) is 0 Å². The van der Waals surface area contributed by atoms with E-state index in [4.69, 9.17) is 9.47 Å². The molecule has 0 saturated carbocycles. The van der Waals surface area contributed by atoms with Crippen molar-refractivity contribution in [3.05, 3.63) is 59.2 Å². The van der Waals surface area contributed by atoms with E-state index < -0.39 is 0 Å². The molecule has 0 amide bonds. The zero-order valence-corrected chi connectivity index (χ0v) is 12.3. The minimum Gasteiger partial charge on any atom is -0.496 e. The zero-order valence-electron chi connectivity index (χ0n) is 12.3. The number of rotatable bonds is 4. The lowest BCUT2D eigenvalue weighted by atomic mass is 9.93. The molecule has 0 heterocycles. The Hall–Kier alpha value is -2.29. The number of methoxy groups -OCH3 is 2. The molecule has 21 heavy (non-hydrogen) atoms. The molecule has 0 bridgehead atoms. The van der Waals surface area contributed by atoms with Crippen LogP contribution in [0.5, 0.6) is 11.5 Å². The van der Waals surface area contributed by atoms with Crippen molar-refractivity contribution in [2.45, 2.75) is 12.8 Å². The lowest BCUT2D eigenvalue weighted by Crippen LogP contribution is -2.17. The van der Waals surface area contributed by atoms with Gasteiger partial charge in [-0.1, -0.05) is 30.3 Å². The normalized spacial score (nSPS) is 13.8. The van der Waals surface area contributed by atoms with E-state index in [-0.39, 0.29) is 11.7 Å². The third-order valence-electron chi connectivity index (χ3n) is 4.10. The van der Waals surface area contributed by atoms with Crippen LogP contribution in [0.25, 0.3) is 0 Å². The van der Waals surface area contributed by atoms with E-state index in [2.05, 4.69) is 12.1 Å². The minimum absolute atomic E-state index is 0.0346. The Morgan fingerprint density at radius 3 is 1.90 bits per heavy atom. The van der Waals surface area contributed by atoms with E-state index in [0.717, 1.165) is 12.8 Å². The highest BCUT2D eigenvalue weighted by atomic mass is 16.5. The number of hydrogen-bond donors (Lipinski definition) is 0. The molecule has 1 aliphatic rings. The van der Waals surface area contributed by atoms with Crippen LogP contribution in [0, 0.1) is 5.92 Å². The van der Waals surface area contributed by atoms with Gasteiger partial charge in [-0.3, -0.25) is 4.79 Å². The topological polar surface area (TPSA) is 35.5 Å². The number of benzene rings is 2. The summed E-state index contributed by atoms with van der Waals surface area (Å²) in [4.78, 5) is 12.9. The van der Waals surface area contributed by atoms with Crippen molar-refractivity contribution in [3.8, 4) is 11.5 Å². The van der Waals surface area contributed by atoms with E-state index in [0.29, 0.717) is 17.1 Å². The van der Waals surface area contributed by atoms with Gasteiger partial charge in [-0.15, -0.1) is 0 Å². The molecule has 0 spiro atoms. The van der Waals surface area contributed by atoms with Gasteiger partial charge in [0.05, 0.1) is 14.2 Å². The number of carbonyl (C=O) groups excluding carboxylic acids is 1. The van der Waals surface area contributed by atoms with Crippen molar-refractivity contribution < 1.29 is 14.3 Å². The third kappa shape index (κ3) is 2.40. The lowest BCUT2D eigenvalue weighted by Gasteiger charge is -2.15. The number of fused-ring (bicyclic) bond motifs is 1. The average Bonchev–Trinajstić information content (AvgIpc) is 2.97. The van der Waals surface area contributed by atoms with E-state index in [1.54, 1.807) is 26.4 Å². The van der Waals surface area contributed by atoms with Crippen LogP contribution in [-0.4, -0.2) is 20.0 Å². The van der Waals surface area contributed by atoms with Crippen molar-refractivity contribution in [2.75, 3.05) is 14.2 Å². The van der Waals surface area contributed by atoms with E-state index in [1.165, 1.54) is 11.1 Å². The first kappa shape index (κ1) is 13.7. The van der Waals surface area contributed by atoms with Crippen LogP contribution < -0.4 is 9.47 Å². The Kier molecular flexibility index (Phi) is 3.65. The molecule has 0 aliphatic heterocycles. The van der Waals surface area contributed by atoms with Crippen molar-refractivity contribution >= 4 is 5.78 Å². The first-order valence-corrected chi connectivity index (χ1v) is 7.06. The van der Waals surface area contributed by atoms with Gasteiger partial charge in [0, 0.05) is 5.92 Å². The number of ketones is 1. The summed E-state index contributed by atoms with van der Waals surface area (Å²) in [5.41, 5.74) is 3.09. The van der Waals surface area contributed by atoms with Crippen LogP contribution in [0.3, 0.4) is 0 Å². The molecule has 108 valence electrons. The summed E-state index contributed by atoms with van der Waals surface area (Å²) < 4.78 is 10.7. The highest BCUT2D eigenvalue weighted by Crippen LogP contribution is 2.35. The van der Waals surface area contributed by atoms with Crippen LogP contribution in [0.4, 0.5) is 0 Å². The van der Waals surface area contributed by atoms with Gasteiger partial charge in [0.15, 0.2) is 5.78 Å². The highest BCUT2D eigenvalue weighted by Gasteiger charge is 2.31. The van der Waals surface area contributed by atoms with E-state index >= 15 is 0 Å². The van der Waals surface area contributed by atoms with Crippen LogP contribution in [0.15, 0.2) is 42.5 Å². The van der Waals surface area contributed by atoms with Gasteiger partial charge in [-0.2, -0.15) is 0 Å². The van der Waals surface area contributed by atoms with Gasteiger partial charge in [-0.05, 0) is 36.1 Å². The predicted molar refractivity (Wildman–Crippen MR) is 81.2 cm³/mol. The summed E-state index contributed by atoms with van der Waals surface area (Å²) in [6, 6.07) is 13.7. The van der Waals surface area contributed by atoms with E-state index in [9.17, 15) is 4.79 Å². The number of carbonyl (C=O) groups is 1. The van der Waals surface area contributed by atoms with Crippen LogP contribution in [0.1, 0.15) is 21.5 Å². The second kappa shape index (κ2) is 5.60. The first-order chi connectivity index (χ1) is 10.2. The molecule has 0 atom stereocenters. The molecule has 2 aromatic rings. The average molecular weight is 282 g/mol. The number of ether oxygens (including phenoxy) is 2. The predicted octanol–water partition coefficient (Wildman–Crippen LogP) is 3.30. The summed E-state index contributed by atoms with van der Waals surface area (Å²) in [5.74, 6) is 1.22. The van der Waals surface area contributed by atoms with Gasteiger partial charge in [0.1, 0.15) is 17.1 Å². The maximum absolute atomic E-state index is 12.9. The molecule has 3 rings (SSSR count). The summed E-state index contributed by atoms with van der Waals surface area (Å²) in [6.45, 7) is 0. The quantitative estimate of drug-likeness (QED) is 0.807. The Morgan fingerprint density at radius 2 is 1.43 bits per heavy atom. The maximum Gasteiger partial charge on any atom is 0.174 e. The van der Waals surface area contributed by atoms with Crippen LogP contribution >= 0.6 is 0 Å². The second-order valence-electron chi connectivity index (χ2n) is 5.28. The largest absolute Gasteiger partial charge is 0.496 e. The van der Waals surface area contributed by atoms with Gasteiger partial charge in [0.2, 0.25) is 0 Å². The van der Waals surface area contributed by atoms with Crippen molar-refractivity contribution in [3.63, 3.8) is 0 Å². The molecule has 0 radical (unpaired) electrons. The van der Waals surface area contributed by atoms with Gasteiger partial charge in [-0.25, -0.2) is 0 Å². The molecule has 0 N–H and O–H groups in total. The van der Waals surface area contributed by atoms with Gasteiger partial charge >= 0.3 is 0 Å². The van der Waals surface area contributed by atoms with Crippen LogP contribution in [0.2, 0.25) is 0 Å². The Balaban J connectivity index is 1.94. The summed E-state index contributed by atoms with van der Waals surface area (Å²) >= 11 is 0. The fourth-order valence-electron chi connectivity index (χ4n) is 3.04. The maximum atomic E-state index is 12.9. The Bertz CT molecular complexity index is 629. The smallest absolute Gasteiger partial charge is 0.174 e. The summed E-state index contributed by atoms with van der Waals surface area (Å²) in [6.07, 6.45) is 1.58. The Morgan fingerprint density at radius 1 is 0.905 bits per heavy atom. The Labute approximate surface area is 124 Å². The SMILES string of the molecule is COc1cccc(OC)c1C(=O)C1Cc2ccccc2C1. The van der Waals surface area contributed by atoms with Crippen LogP contribution in [-0.2, 0) is 12.8 Å². The van der Waals surface area contributed by atoms with Crippen molar-refractivity contribution in [2.24, 2.45) is 5.92 Å². The number of hydrogen-bond acceptors (Lipinski definition) is 3. The van der Waals surface area contributed by atoms with Crippen molar-refractivity contribution in [1.29, 1.82) is 0 Å². The molecule has 0 fully saturated rings. The van der Waals surface area contributed by atoms with E-state index in [1.807, 2.05) is 18.2 Å². The molecule has 0 aromatic heterocycles. The van der Waals surface area contributed by atoms with Gasteiger partial charge < -0.3 is 9.47 Å². The second-order valence-corrected chi connectivity index (χ2v) is 5.28. The first-order valence-electron chi connectivity index (χ1n) is 7.06. The summed E-state index contributed by atoms with van der Waals surface area (Å²) in [7, 11) is 3.16. The molecule has 1 aliphatic carbocycles. The van der Waals surface area contributed by atoms with Crippen molar-refractivity contribution in [1.82, 2.24) is 0 Å². The summed E-state index contributed by atoms with van der Waals surface area (Å²) in [5, 5.41) is 0. The lowest BCUT2D eigenvalue weighted by molar-refractivity contribution is 0.0918. The fourth-order valence-corrected chi connectivity index (χ4v) is 3.04. The molecule has 3 nitrogen and oxygen atoms in total.